The van der Waals surface area contributed by atoms with Crippen LogP contribution < -0.4 is 0 Å². The first-order chi connectivity index (χ1) is 16.4. The van der Waals surface area contributed by atoms with Gasteiger partial charge in [0.1, 0.15) is 6.04 Å². The normalized spacial score (nSPS) is 16.9. The Morgan fingerprint density at radius 3 is 2.06 bits per heavy atom. The summed E-state index contributed by atoms with van der Waals surface area (Å²) in [6, 6.07) is 22.4. The van der Waals surface area contributed by atoms with Gasteiger partial charge in [-0.15, -0.1) is 0 Å². The topological polar surface area (TPSA) is 101 Å². The molecule has 0 unspecified atom stereocenters. The van der Waals surface area contributed by atoms with E-state index < -0.39 is 21.0 Å². The second kappa shape index (κ2) is 9.98. The Hall–Kier alpha value is -3.82. The third-order valence-corrected chi connectivity index (χ3v) is 7.50. The molecule has 1 atom stereocenters. The monoisotopic (exact) mass is 477 g/mol. The molecule has 0 saturated carbocycles. The molecule has 3 aromatic rings. The van der Waals surface area contributed by atoms with Crippen molar-refractivity contribution < 1.29 is 18.1 Å². The molecule has 8 nitrogen and oxygen atoms in total. The summed E-state index contributed by atoms with van der Waals surface area (Å²) in [5, 5.41) is 11.0. The van der Waals surface area contributed by atoms with Crippen molar-refractivity contribution >= 4 is 21.6 Å². The quantitative estimate of drug-likeness (QED) is 0.381. The molecule has 1 aliphatic rings. The third-order valence-electron chi connectivity index (χ3n) is 5.61. The number of nitro groups is 1. The number of carbonyl (C=O) groups is 1. The van der Waals surface area contributed by atoms with E-state index >= 15 is 0 Å². The zero-order valence-corrected chi connectivity index (χ0v) is 19.0. The molecule has 1 heterocycles. The molecule has 3 aromatic carbocycles. The standard InChI is InChI=1S/C25H23N3O5S/c29-25-24(18-20-8-3-1-4-9-20)27(17-7-16-26(25)19-21-10-5-2-6-11-21)34(32,33)23-14-12-22(13-15-23)28(30)31/h1-16,24H,17-19H2/t24-/m0/s1. The Kier molecular flexibility index (Phi) is 6.85. The average Bonchev–Trinajstić information content (AvgIpc) is 3.00. The molecule has 0 fully saturated rings. The summed E-state index contributed by atoms with van der Waals surface area (Å²) in [5.41, 5.74) is 1.54. The smallest absolute Gasteiger partial charge is 0.269 e. The number of amides is 1. The number of benzene rings is 3. The van der Waals surface area contributed by atoms with Crippen molar-refractivity contribution in [2.45, 2.75) is 23.9 Å². The van der Waals surface area contributed by atoms with Crippen LogP contribution in [0.5, 0.6) is 0 Å². The SMILES string of the molecule is O=C1[C@H](Cc2ccccc2)N(S(=O)(=O)c2ccc([N+](=O)[O-])cc2)CC=CN1Cc1ccccc1. The lowest BCUT2D eigenvalue weighted by atomic mass is 10.0. The number of nitrogens with zero attached hydrogens (tertiary/aromatic N) is 3. The van der Waals surface area contributed by atoms with E-state index in [1.807, 2.05) is 60.7 Å². The number of carbonyl (C=O) groups excluding carboxylic acids is 1. The van der Waals surface area contributed by atoms with Crippen molar-refractivity contribution in [1.82, 2.24) is 9.21 Å². The molecule has 34 heavy (non-hydrogen) atoms. The first kappa shape index (κ1) is 23.3. The highest BCUT2D eigenvalue weighted by Crippen LogP contribution is 2.26. The Bertz CT molecular complexity index is 1290. The van der Waals surface area contributed by atoms with Crippen LogP contribution in [0.2, 0.25) is 0 Å². The maximum absolute atomic E-state index is 13.7. The lowest BCUT2D eigenvalue weighted by molar-refractivity contribution is -0.384. The van der Waals surface area contributed by atoms with E-state index in [0.29, 0.717) is 6.54 Å². The minimum absolute atomic E-state index is 0.00610. The van der Waals surface area contributed by atoms with E-state index in [2.05, 4.69) is 0 Å². The van der Waals surface area contributed by atoms with Crippen LogP contribution in [0, 0.1) is 10.1 Å². The van der Waals surface area contributed by atoms with Crippen LogP contribution in [0.1, 0.15) is 11.1 Å². The number of nitro benzene ring substituents is 1. The molecule has 0 saturated heterocycles. The molecule has 1 amide bonds. The summed E-state index contributed by atoms with van der Waals surface area (Å²) < 4.78 is 28.3. The number of non-ortho nitro benzene ring substituents is 1. The maximum atomic E-state index is 13.7. The van der Waals surface area contributed by atoms with Crippen LogP contribution >= 0.6 is 0 Å². The maximum Gasteiger partial charge on any atom is 0.269 e. The van der Waals surface area contributed by atoms with Gasteiger partial charge in [0.15, 0.2) is 0 Å². The fourth-order valence-corrected chi connectivity index (χ4v) is 5.40. The summed E-state index contributed by atoms with van der Waals surface area (Å²) in [4.78, 5) is 25.5. The van der Waals surface area contributed by atoms with Crippen LogP contribution in [-0.2, 0) is 27.8 Å². The molecule has 0 aliphatic carbocycles. The van der Waals surface area contributed by atoms with Crippen LogP contribution in [-0.4, -0.2) is 41.0 Å². The van der Waals surface area contributed by atoms with Crippen molar-refractivity contribution in [3.63, 3.8) is 0 Å². The molecule has 9 heteroatoms. The molecule has 0 N–H and O–H groups in total. The van der Waals surface area contributed by atoms with Crippen LogP contribution in [0.25, 0.3) is 0 Å². The minimum atomic E-state index is -4.11. The predicted molar refractivity (Wildman–Crippen MR) is 127 cm³/mol. The van der Waals surface area contributed by atoms with E-state index in [1.165, 1.54) is 21.3 Å². The Morgan fingerprint density at radius 1 is 0.882 bits per heavy atom. The molecule has 0 aromatic heterocycles. The van der Waals surface area contributed by atoms with E-state index in [0.717, 1.165) is 23.3 Å². The Morgan fingerprint density at radius 2 is 1.47 bits per heavy atom. The van der Waals surface area contributed by atoms with Gasteiger partial charge in [0.25, 0.3) is 5.69 Å². The van der Waals surface area contributed by atoms with Crippen molar-refractivity contribution in [2.75, 3.05) is 6.54 Å². The molecule has 4 rings (SSSR count). The zero-order valence-electron chi connectivity index (χ0n) is 18.2. The summed E-state index contributed by atoms with van der Waals surface area (Å²) in [5.74, 6) is -0.341. The Balaban J connectivity index is 1.70. The summed E-state index contributed by atoms with van der Waals surface area (Å²) >= 11 is 0. The van der Waals surface area contributed by atoms with Crippen molar-refractivity contribution in [2.24, 2.45) is 0 Å². The molecular formula is C25H23N3O5S. The Labute approximate surface area is 197 Å². The lowest BCUT2D eigenvalue weighted by Gasteiger charge is -2.30. The van der Waals surface area contributed by atoms with Crippen LogP contribution in [0.4, 0.5) is 5.69 Å². The van der Waals surface area contributed by atoms with Crippen LogP contribution in [0.3, 0.4) is 0 Å². The van der Waals surface area contributed by atoms with Gasteiger partial charge in [0, 0.05) is 24.9 Å². The second-order valence-corrected chi connectivity index (χ2v) is 9.76. The van der Waals surface area contributed by atoms with E-state index in [1.54, 1.807) is 12.3 Å². The van der Waals surface area contributed by atoms with Gasteiger partial charge in [0.05, 0.1) is 16.4 Å². The predicted octanol–water partition coefficient (Wildman–Crippen LogP) is 3.75. The zero-order chi connectivity index (χ0) is 24.1. The largest absolute Gasteiger partial charge is 0.314 e. The van der Waals surface area contributed by atoms with Gasteiger partial charge in [-0.25, -0.2) is 8.42 Å². The first-order valence-corrected chi connectivity index (χ1v) is 12.1. The fourth-order valence-electron chi connectivity index (χ4n) is 3.87. The van der Waals surface area contributed by atoms with Crippen molar-refractivity contribution in [1.29, 1.82) is 0 Å². The lowest BCUT2D eigenvalue weighted by Crippen LogP contribution is -2.49. The molecule has 0 bridgehead atoms. The van der Waals surface area contributed by atoms with E-state index in [-0.39, 0.29) is 29.5 Å². The number of sulfonamides is 1. The fraction of sp³-hybridized carbons (Fsp3) is 0.160. The van der Waals surface area contributed by atoms with E-state index in [9.17, 15) is 23.3 Å². The van der Waals surface area contributed by atoms with Gasteiger partial charge >= 0.3 is 0 Å². The second-order valence-electron chi connectivity index (χ2n) is 7.87. The minimum Gasteiger partial charge on any atom is -0.314 e. The summed E-state index contributed by atoms with van der Waals surface area (Å²) in [6.45, 7) is 0.306. The number of hydrogen-bond acceptors (Lipinski definition) is 5. The van der Waals surface area contributed by atoms with Gasteiger partial charge < -0.3 is 4.90 Å². The number of hydrogen-bond donors (Lipinski definition) is 0. The highest BCUT2D eigenvalue weighted by molar-refractivity contribution is 7.89. The molecular weight excluding hydrogens is 454 g/mol. The molecule has 1 aliphatic heterocycles. The van der Waals surface area contributed by atoms with Gasteiger partial charge in [-0.2, -0.15) is 4.31 Å². The summed E-state index contributed by atoms with van der Waals surface area (Å²) in [7, 11) is -4.11. The first-order valence-electron chi connectivity index (χ1n) is 10.7. The van der Waals surface area contributed by atoms with Gasteiger partial charge in [-0.3, -0.25) is 14.9 Å². The van der Waals surface area contributed by atoms with Gasteiger partial charge in [-0.05, 0) is 29.7 Å². The summed E-state index contributed by atoms with van der Waals surface area (Å²) in [6.07, 6.45) is 3.46. The average molecular weight is 478 g/mol. The molecule has 0 spiro atoms. The third kappa shape index (κ3) is 5.05. The van der Waals surface area contributed by atoms with Crippen molar-refractivity contribution in [3.05, 3.63) is 118 Å². The molecule has 0 radical (unpaired) electrons. The highest BCUT2D eigenvalue weighted by Gasteiger charge is 2.38. The van der Waals surface area contributed by atoms with Gasteiger partial charge in [0.2, 0.25) is 15.9 Å². The van der Waals surface area contributed by atoms with Crippen LogP contribution in [0.15, 0.2) is 102 Å². The highest BCUT2D eigenvalue weighted by atomic mass is 32.2. The number of rotatable bonds is 7. The molecule has 174 valence electrons. The van der Waals surface area contributed by atoms with Crippen molar-refractivity contribution in [3.8, 4) is 0 Å². The van der Waals surface area contributed by atoms with Gasteiger partial charge in [-0.1, -0.05) is 66.7 Å². The van der Waals surface area contributed by atoms with E-state index in [4.69, 9.17) is 0 Å².